The van der Waals surface area contributed by atoms with Gasteiger partial charge in [-0.3, -0.25) is 0 Å². The monoisotopic (exact) mass is 357 g/mol. The van der Waals surface area contributed by atoms with Crippen molar-refractivity contribution in [2.24, 2.45) is 0 Å². The first-order valence-corrected chi connectivity index (χ1v) is 9.27. The summed E-state index contributed by atoms with van der Waals surface area (Å²) in [6.45, 7) is 9.60. The zero-order chi connectivity index (χ0) is 18.7. The number of hydrogen-bond acceptors (Lipinski definition) is 6. The lowest BCUT2D eigenvalue weighted by atomic mass is 9.96. The number of anilines is 1. The van der Waals surface area contributed by atoms with Crippen LogP contribution in [0.25, 0.3) is 0 Å². The first-order chi connectivity index (χ1) is 12.5. The molecule has 1 aliphatic heterocycles. The molecule has 140 valence electrons. The summed E-state index contributed by atoms with van der Waals surface area (Å²) in [4.78, 5) is 19.1. The molecule has 0 aromatic carbocycles. The van der Waals surface area contributed by atoms with Crippen molar-refractivity contribution in [1.82, 2.24) is 19.7 Å². The van der Waals surface area contributed by atoms with Crippen LogP contribution in [-0.2, 0) is 4.74 Å². The van der Waals surface area contributed by atoms with E-state index in [1.54, 1.807) is 24.7 Å². The summed E-state index contributed by atoms with van der Waals surface area (Å²) in [7, 11) is 0. The van der Waals surface area contributed by atoms with E-state index in [4.69, 9.17) is 4.74 Å². The van der Waals surface area contributed by atoms with Crippen molar-refractivity contribution in [3.05, 3.63) is 36.0 Å². The Morgan fingerprint density at radius 2 is 2.12 bits per heavy atom. The highest BCUT2D eigenvalue weighted by Gasteiger charge is 2.29. The minimum Gasteiger partial charge on any atom is -0.459 e. The number of carbonyl (C=O) groups is 1. The van der Waals surface area contributed by atoms with E-state index in [0.29, 0.717) is 17.4 Å². The topological polar surface area (TPSA) is 73.1 Å². The van der Waals surface area contributed by atoms with Crippen LogP contribution < -0.4 is 4.90 Å². The van der Waals surface area contributed by atoms with Gasteiger partial charge in [-0.2, -0.15) is 0 Å². The summed E-state index contributed by atoms with van der Waals surface area (Å²) in [5.74, 6) is 1.64. The molecule has 2 aromatic rings. The molecule has 1 aliphatic rings. The molecule has 0 radical (unpaired) electrons. The van der Waals surface area contributed by atoms with Gasteiger partial charge in [0.2, 0.25) is 0 Å². The largest absolute Gasteiger partial charge is 0.459 e. The van der Waals surface area contributed by atoms with Gasteiger partial charge in [-0.1, -0.05) is 0 Å². The van der Waals surface area contributed by atoms with Crippen LogP contribution in [0.4, 0.5) is 5.82 Å². The SMILES string of the molecule is CC(C)OC(=O)c1cccnc1N1CCCC(c2nncn2C(C)C)C1. The van der Waals surface area contributed by atoms with Gasteiger partial charge < -0.3 is 14.2 Å². The van der Waals surface area contributed by atoms with Crippen LogP contribution in [0.5, 0.6) is 0 Å². The van der Waals surface area contributed by atoms with Gasteiger partial charge in [0.1, 0.15) is 23.5 Å². The summed E-state index contributed by atoms with van der Waals surface area (Å²) < 4.78 is 7.51. The zero-order valence-corrected chi connectivity index (χ0v) is 15.9. The van der Waals surface area contributed by atoms with E-state index in [0.717, 1.165) is 31.8 Å². The summed E-state index contributed by atoms with van der Waals surface area (Å²) in [6, 6.07) is 3.88. The van der Waals surface area contributed by atoms with E-state index in [9.17, 15) is 4.79 Å². The molecule has 1 atom stereocenters. The average molecular weight is 357 g/mol. The molecular weight excluding hydrogens is 330 g/mol. The van der Waals surface area contributed by atoms with Gasteiger partial charge in [0.25, 0.3) is 0 Å². The second-order valence-corrected chi connectivity index (χ2v) is 7.30. The molecule has 7 nitrogen and oxygen atoms in total. The Balaban J connectivity index is 1.84. The first-order valence-electron chi connectivity index (χ1n) is 9.27. The van der Waals surface area contributed by atoms with Gasteiger partial charge in [0.15, 0.2) is 0 Å². The molecule has 1 fully saturated rings. The minimum atomic E-state index is -0.324. The van der Waals surface area contributed by atoms with E-state index in [2.05, 4.69) is 38.5 Å². The molecule has 0 bridgehead atoms. The molecule has 3 heterocycles. The maximum atomic E-state index is 12.5. The highest BCUT2D eigenvalue weighted by molar-refractivity contribution is 5.94. The number of hydrogen-bond donors (Lipinski definition) is 0. The number of ether oxygens (including phenoxy) is 1. The minimum absolute atomic E-state index is 0.158. The third-order valence-electron chi connectivity index (χ3n) is 4.59. The van der Waals surface area contributed by atoms with Crippen molar-refractivity contribution >= 4 is 11.8 Å². The van der Waals surface area contributed by atoms with Crippen molar-refractivity contribution in [1.29, 1.82) is 0 Å². The number of carbonyl (C=O) groups excluding carboxylic acids is 1. The fraction of sp³-hybridized carbons (Fsp3) is 0.579. The maximum absolute atomic E-state index is 12.5. The summed E-state index contributed by atoms with van der Waals surface area (Å²) in [5.41, 5.74) is 0.521. The Hall–Kier alpha value is -2.44. The van der Waals surface area contributed by atoms with Gasteiger partial charge >= 0.3 is 5.97 Å². The molecule has 0 saturated carbocycles. The molecule has 1 unspecified atom stereocenters. The Kier molecular flexibility index (Phi) is 5.54. The molecule has 3 rings (SSSR count). The van der Waals surface area contributed by atoms with Gasteiger partial charge in [0.05, 0.1) is 6.10 Å². The second-order valence-electron chi connectivity index (χ2n) is 7.30. The fourth-order valence-electron chi connectivity index (χ4n) is 3.41. The lowest BCUT2D eigenvalue weighted by molar-refractivity contribution is 0.0378. The second kappa shape index (κ2) is 7.85. The van der Waals surface area contributed by atoms with Crippen LogP contribution in [0.15, 0.2) is 24.7 Å². The lowest BCUT2D eigenvalue weighted by Crippen LogP contribution is -2.37. The van der Waals surface area contributed by atoms with Crippen LogP contribution >= 0.6 is 0 Å². The van der Waals surface area contributed by atoms with Gasteiger partial charge in [0, 0.05) is 31.2 Å². The smallest absolute Gasteiger partial charge is 0.342 e. The van der Waals surface area contributed by atoms with Gasteiger partial charge in [-0.25, -0.2) is 9.78 Å². The van der Waals surface area contributed by atoms with Crippen molar-refractivity contribution in [2.75, 3.05) is 18.0 Å². The number of nitrogens with zero attached hydrogens (tertiary/aromatic N) is 5. The predicted octanol–water partition coefficient (Wildman–Crippen LogP) is 3.20. The number of esters is 1. The molecule has 1 saturated heterocycles. The van der Waals surface area contributed by atoms with Crippen LogP contribution in [0.1, 0.15) is 68.7 Å². The van der Waals surface area contributed by atoms with Crippen LogP contribution in [-0.4, -0.2) is 44.9 Å². The maximum Gasteiger partial charge on any atom is 0.342 e. The quantitative estimate of drug-likeness (QED) is 0.765. The molecular formula is C19H27N5O2. The third kappa shape index (κ3) is 3.86. The predicted molar refractivity (Wildman–Crippen MR) is 99.4 cm³/mol. The highest BCUT2D eigenvalue weighted by atomic mass is 16.5. The summed E-state index contributed by atoms with van der Waals surface area (Å²) in [6.07, 6.45) is 5.44. The molecule has 0 N–H and O–H groups in total. The Bertz CT molecular complexity index is 756. The number of rotatable bonds is 5. The summed E-state index contributed by atoms with van der Waals surface area (Å²) >= 11 is 0. The molecule has 26 heavy (non-hydrogen) atoms. The first kappa shape index (κ1) is 18.4. The molecule has 0 aliphatic carbocycles. The van der Waals surface area contributed by atoms with Gasteiger partial charge in [-0.05, 0) is 52.7 Å². The number of piperidine rings is 1. The molecule has 0 amide bonds. The van der Waals surface area contributed by atoms with Crippen molar-refractivity contribution in [3.8, 4) is 0 Å². The molecule has 7 heteroatoms. The van der Waals surface area contributed by atoms with Crippen molar-refractivity contribution in [2.45, 2.75) is 58.6 Å². The zero-order valence-electron chi connectivity index (χ0n) is 15.9. The molecule has 2 aromatic heterocycles. The Morgan fingerprint density at radius 1 is 1.31 bits per heavy atom. The van der Waals surface area contributed by atoms with E-state index >= 15 is 0 Å². The van der Waals surface area contributed by atoms with E-state index in [-0.39, 0.29) is 18.0 Å². The van der Waals surface area contributed by atoms with Crippen LogP contribution in [0.3, 0.4) is 0 Å². The average Bonchev–Trinajstić information content (AvgIpc) is 3.11. The highest BCUT2D eigenvalue weighted by Crippen LogP contribution is 2.30. The van der Waals surface area contributed by atoms with Crippen LogP contribution in [0.2, 0.25) is 0 Å². The van der Waals surface area contributed by atoms with Crippen LogP contribution in [0, 0.1) is 0 Å². The fourth-order valence-corrected chi connectivity index (χ4v) is 3.41. The van der Waals surface area contributed by atoms with Crippen molar-refractivity contribution in [3.63, 3.8) is 0 Å². The summed E-state index contributed by atoms with van der Waals surface area (Å²) in [5, 5.41) is 8.46. The number of aromatic nitrogens is 4. The molecule has 0 spiro atoms. The van der Waals surface area contributed by atoms with E-state index in [1.807, 2.05) is 13.8 Å². The van der Waals surface area contributed by atoms with Gasteiger partial charge in [-0.15, -0.1) is 10.2 Å². The lowest BCUT2D eigenvalue weighted by Gasteiger charge is -2.34. The third-order valence-corrected chi connectivity index (χ3v) is 4.59. The van der Waals surface area contributed by atoms with E-state index < -0.39 is 0 Å². The Morgan fingerprint density at radius 3 is 2.85 bits per heavy atom. The Labute approximate surface area is 154 Å². The van der Waals surface area contributed by atoms with Crippen molar-refractivity contribution < 1.29 is 9.53 Å². The normalized spacial score (nSPS) is 17.8. The van der Waals surface area contributed by atoms with E-state index in [1.165, 1.54) is 0 Å². The number of pyridine rings is 1. The standard InChI is InChI=1S/C19H27N5O2/c1-13(2)24-12-21-22-17(24)15-7-6-10-23(11-15)18-16(8-5-9-20-18)19(25)26-14(3)4/h5,8-9,12-15H,6-7,10-11H2,1-4H3.